The van der Waals surface area contributed by atoms with Crippen LogP contribution in [0, 0.1) is 6.92 Å². The zero-order valence-electron chi connectivity index (χ0n) is 12.7. The van der Waals surface area contributed by atoms with Crippen molar-refractivity contribution in [3.63, 3.8) is 0 Å². The van der Waals surface area contributed by atoms with Crippen LogP contribution in [0.15, 0.2) is 78.9 Å². The van der Waals surface area contributed by atoms with Gasteiger partial charge in [0.1, 0.15) is 0 Å². The van der Waals surface area contributed by atoms with Crippen LogP contribution < -0.4 is 5.32 Å². The van der Waals surface area contributed by atoms with E-state index in [1.165, 1.54) is 27.8 Å². The van der Waals surface area contributed by atoms with Crippen LogP contribution in [0.1, 0.15) is 39.9 Å². The Kier molecular flexibility index (Phi) is 3.28. The molecule has 1 aliphatic heterocycles. The minimum atomic E-state index is 0.266. The Bertz CT molecular complexity index is 775. The highest BCUT2D eigenvalue weighted by molar-refractivity contribution is 5.47. The van der Waals surface area contributed by atoms with E-state index in [0.717, 1.165) is 0 Å². The number of aryl methyl sites for hydroxylation is 1. The lowest BCUT2D eigenvalue weighted by atomic mass is 9.95. The second-order valence-corrected chi connectivity index (χ2v) is 5.98. The topological polar surface area (TPSA) is 12.0 Å². The molecule has 108 valence electrons. The molecule has 1 heterocycles. The van der Waals surface area contributed by atoms with Crippen LogP contribution in [-0.4, -0.2) is 0 Å². The van der Waals surface area contributed by atoms with Gasteiger partial charge in [-0.3, -0.25) is 5.32 Å². The molecule has 0 radical (unpaired) electrons. The predicted molar refractivity (Wildman–Crippen MR) is 90.9 cm³/mol. The summed E-state index contributed by atoms with van der Waals surface area (Å²) in [4.78, 5) is 0. The summed E-state index contributed by atoms with van der Waals surface area (Å²) < 4.78 is 0. The molecule has 0 bridgehead atoms. The number of hydrogen-bond donors (Lipinski definition) is 1. The Hall–Kier alpha value is -2.38. The first-order valence-electron chi connectivity index (χ1n) is 7.79. The van der Waals surface area contributed by atoms with Crippen molar-refractivity contribution >= 4 is 0 Å². The monoisotopic (exact) mass is 285 g/mol. The molecule has 0 fully saturated rings. The number of rotatable bonds is 2. The van der Waals surface area contributed by atoms with Crippen LogP contribution in [0.3, 0.4) is 0 Å². The van der Waals surface area contributed by atoms with Gasteiger partial charge in [0.2, 0.25) is 0 Å². The van der Waals surface area contributed by atoms with E-state index in [1.54, 1.807) is 0 Å². The molecule has 1 aliphatic rings. The number of nitrogens with one attached hydrogen (secondary N) is 1. The van der Waals surface area contributed by atoms with Crippen molar-refractivity contribution in [2.45, 2.75) is 19.0 Å². The molecule has 22 heavy (non-hydrogen) atoms. The van der Waals surface area contributed by atoms with Crippen molar-refractivity contribution in [3.05, 3.63) is 107 Å². The van der Waals surface area contributed by atoms with Crippen LogP contribution >= 0.6 is 0 Å². The van der Waals surface area contributed by atoms with Gasteiger partial charge in [0.05, 0.1) is 12.1 Å². The quantitative estimate of drug-likeness (QED) is 0.714. The first kappa shape index (κ1) is 13.3. The molecule has 0 saturated carbocycles. The molecule has 1 heteroatoms. The maximum absolute atomic E-state index is 3.81. The van der Waals surface area contributed by atoms with Crippen LogP contribution in [0.4, 0.5) is 0 Å². The third-order valence-corrected chi connectivity index (χ3v) is 4.49. The Morgan fingerprint density at radius 2 is 1.09 bits per heavy atom. The lowest BCUT2D eigenvalue weighted by molar-refractivity contribution is 0.601. The van der Waals surface area contributed by atoms with Crippen molar-refractivity contribution in [2.24, 2.45) is 0 Å². The van der Waals surface area contributed by atoms with Gasteiger partial charge in [-0.15, -0.1) is 0 Å². The summed E-state index contributed by atoms with van der Waals surface area (Å²) >= 11 is 0. The van der Waals surface area contributed by atoms with E-state index in [4.69, 9.17) is 0 Å². The normalized spacial score (nSPS) is 19.9. The van der Waals surface area contributed by atoms with Crippen molar-refractivity contribution in [2.75, 3.05) is 0 Å². The van der Waals surface area contributed by atoms with E-state index in [1.807, 2.05) is 0 Å². The third-order valence-electron chi connectivity index (χ3n) is 4.49. The molecular formula is C21H19N. The fourth-order valence-electron chi connectivity index (χ4n) is 3.34. The summed E-state index contributed by atoms with van der Waals surface area (Å²) in [5.74, 6) is 0. The lowest BCUT2D eigenvalue weighted by Crippen LogP contribution is -2.19. The number of fused-ring (bicyclic) bond motifs is 1. The highest BCUT2D eigenvalue weighted by Gasteiger charge is 2.31. The predicted octanol–water partition coefficient (Wildman–Crippen LogP) is 4.78. The van der Waals surface area contributed by atoms with E-state index in [9.17, 15) is 0 Å². The highest BCUT2D eigenvalue weighted by atomic mass is 15.0. The summed E-state index contributed by atoms with van der Waals surface area (Å²) in [6.07, 6.45) is 0. The summed E-state index contributed by atoms with van der Waals surface area (Å²) in [5.41, 5.74) is 6.73. The van der Waals surface area contributed by atoms with Crippen LogP contribution in [0.2, 0.25) is 0 Å². The first-order chi connectivity index (χ1) is 10.8. The molecule has 0 spiro atoms. The van der Waals surface area contributed by atoms with Gasteiger partial charge in [0.25, 0.3) is 0 Å². The molecule has 0 unspecified atom stereocenters. The van der Waals surface area contributed by atoms with Crippen molar-refractivity contribution in [3.8, 4) is 0 Å². The average molecular weight is 285 g/mol. The molecule has 3 aromatic carbocycles. The van der Waals surface area contributed by atoms with Crippen molar-refractivity contribution in [1.29, 1.82) is 0 Å². The van der Waals surface area contributed by atoms with Crippen LogP contribution in [-0.2, 0) is 0 Å². The zero-order valence-corrected chi connectivity index (χ0v) is 12.7. The van der Waals surface area contributed by atoms with Gasteiger partial charge in [-0.25, -0.2) is 0 Å². The molecule has 0 amide bonds. The number of hydrogen-bond acceptors (Lipinski definition) is 1. The van der Waals surface area contributed by atoms with E-state index in [0.29, 0.717) is 0 Å². The second kappa shape index (κ2) is 5.43. The standard InChI is InChI=1S/C21H19N/c1-15-11-13-17(14-12-15)21-19-10-6-5-9-18(19)20(22-21)16-7-3-2-4-8-16/h2-14,20-22H,1H3/t20-,21-/m1/s1. The summed E-state index contributed by atoms with van der Waals surface area (Å²) in [5, 5.41) is 3.81. The smallest absolute Gasteiger partial charge is 0.0587 e. The first-order valence-corrected chi connectivity index (χ1v) is 7.79. The van der Waals surface area contributed by atoms with Gasteiger partial charge in [0, 0.05) is 0 Å². The lowest BCUT2D eigenvalue weighted by Gasteiger charge is -2.16. The Balaban J connectivity index is 1.79. The van der Waals surface area contributed by atoms with Crippen molar-refractivity contribution in [1.82, 2.24) is 5.32 Å². The average Bonchev–Trinajstić information content (AvgIpc) is 2.96. The van der Waals surface area contributed by atoms with Crippen LogP contribution in [0.25, 0.3) is 0 Å². The summed E-state index contributed by atoms with van der Waals surface area (Å²) in [6.45, 7) is 2.13. The molecule has 1 nitrogen and oxygen atoms in total. The minimum absolute atomic E-state index is 0.266. The van der Waals surface area contributed by atoms with E-state index < -0.39 is 0 Å². The van der Waals surface area contributed by atoms with Gasteiger partial charge in [-0.1, -0.05) is 84.4 Å². The molecule has 0 aliphatic carbocycles. The van der Waals surface area contributed by atoms with Gasteiger partial charge in [-0.05, 0) is 29.2 Å². The Labute approximate surface area is 131 Å². The Morgan fingerprint density at radius 1 is 0.591 bits per heavy atom. The third kappa shape index (κ3) is 2.24. The summed E-state index contributed by atoms with van der Waals surface area (Å²) in [6, 6.07) is 28.8. The zero-order chi connectivity index (χ0) is 14.9. The maximum Gasteiger partial charge on any atom is 0.0587 e. The SMILES string of the molecule is Cc1ccc([C@H]2N[C@H](c3ccccc3)c3ccccc32)cc1. The summed E-state index contributed by atoms with van der Waals surface area (Å²) in [7, 11) is 0. The molecule has 3 aromatic rings. The molecule has 0 saturated heterocycles. The van der Waals surface area contributed by atoms with Gasteiger partial charge in [0.15, 0.2) is 0 Å². The van der Waals surface area contributed by atoms with Gasteiger partial charge >= 0.3 is 0 Å². The molecule has 0 aromatic heterocycles. The maximum atomic E-state index is 3.81. The number of benzene rings is 3. The van der Waals surface area contributed by atoms with E-state index in [2.05, 4.69) is 91.1 Å². The fraction of sp³-hybridized carbons (Fsp3) is 0.143. The van der Waals surface area contributed by atoms with E-state index in [-0.39, 0.29) is 12.1 Å². The fourth-order valence-corrected chi connectivity index (χ4v) is 3.34. The highest BCUT2D eigenvalue weighted by Crippen LogP contribution is 2.39. The van der Waals surface area contributed by atoms with Crippen molar-refractivity contribution < 1.29 is 0 Å². The molecular weight excluding hydrogens is 266 g/mol. The largest absolute Gasteiger partial charge is 0.295 e. The Morgan fingerprint density at radius 3 is 1.68 bits per heavy atom. The molecule has 4 rings (SSSR count). The second-order valence-electron chi connectivity index (χ2n) is 5.98. The van der Waals surface area contributed by atoms with E-state index >= 15 is 0 Å². The molecule has 2 atom stereocenters. The molecule has 1 N–H and O–H groups in total. The van der Waals surface area contributed by atoms with Gasteiger partial charge < -0.3 is 0 Å². The van der Waals surface area contributed by atoms with Gasteiger partial charge in [-0.2, -0.15) is 0 Å². The minimum Gasteiger partial charge on any atom is -0.295 e. The van der Waals surface area contributed by atoms with Crippen LogP contribution in [0.5, 0.6) is 0 Å².